The zero-order valence-electron chi connectivity index (χ0n) is 17.1. The Morgan fingerprint density at radius 1 is 0.862 bits per heavy atom. The molecule has 0 heterocycles. The molecule has 2 unspecified atom stereocenters. The van der Waals surface area contributed by atoms with Crippen molar-refractivity contribution in [2.24, 2.45) is 0 Å². The van der Waals surface area contributed by atoms with Gasteiger partial charge in [0.1, 0.15) is 19.3 Å². The van der Waals surface area contributed by atoms with Crippen LogP contribution in [-0.2, 0) is 33.3 Å². The number of esters is 2. The van der Waals surface area contributed by atoms with Gasteiger partial charge in [-0.05, 0) is 27.7 Å². The van der Waals surface area contributed by atoms with Gasteiger partial charge in [0.05, 0.1) is 13.2 Å². The molecular formula is C18H30O11. The van der Waals surface area contributed by atoms with E-state index in [1.165, 1.54) is 26.0 Å². The van der Waals surface area contributed by atoms with E-state index in [0.29, 0.717) is 6.61 Å². The Hall–Kier alpha value is -3.08. The van der Waals surface area contributed by atoms with E-state index in [9.17, 15) is 19.2 Å². The van der Waals surface area contributed by atoms with E-state index >= 15 is 0 Å². The Labute approximate surface area is 169 Å². The molecule has 2 N–H and O–H groups in total. The highest BCUT2D eigenvalue weighted by molar-refractivity contribution is 5.77. The van der Waals surface area contributed by atoms with Gasteiger partial charge in [0.15, 0.2) is 6.10 Å². The number of rotatable bonds is 9. The number of aliphatic hydroxyl groups is 1. The highest BCUT2D eigenvalue weighted by atomic mass is 16.7. The van der Waals surface area contributed by atoms with Crippen molar-refractivity contribution in [3.05, 3.63) is 25.3 Å². The van der Waals surface area contributed by atoms with Crippen LogP contribution in [0.25, 0.3) is 0 Å². The first-order valence-electron chi connectivity index (χ1n) is 8.49. The Kier molecular flexibility index (Phi) is 22.4. The highest BCUT2D eigenvalue weighted by Crippen LogP contribution is 1.97. The zero-order valence-corrected chi connectivity index (χ0v) is 17.1. The predicted molar refractivity (Wildman–Crippen MR) is 101 cm³/mol. The van der Waals surface area contributed by atoms with Crippen LogP contribution in [0, 0.1) is 0 Å². The van der Waals surface area contributed by atoms with Gasteiger partial charge in [0.25, 0.3) is 0 Å². The van der Waals surface area contributed by atoms with Gasteiger partial charge in [0.2, 0.25) is 0 Å². The Morgan fingerprint density at radius 2 is 1.31 bits per heavy atom. The summed E-state index contributed by atoms with van der Waals surface area (Å²) in [6.07, 6.45) is -1.35. The molecule has 11 nitrogen and oxygen atoms in total. The summed E-state index contributed by atoms with van der Waals surface area (Å²) in [4.78, 5) is 41.6. The molecule has 0 aliphatic carbocycles. The molecule has 0 aromatic rings. The monoisotopic (exact) mass is 422 g/mol. The molecule has 0 aromatic heterocycles. The van der Waals surface area contributed by atoms with Crippen LogP contribution in [0.15, 0.2) is 25.3 Å². The number of carbonyl (C=O) groups is 4. The van der Waals surface area contributed by atoms with Crippen LogP contribution in [-0.4, -0.2) is 73.1 Å². The van der Waals surface area contributed by atoms with Gasteiger partial charge in [0, 0.05) is 0 Å². The van der Waals surface area contributed by atoms with Gasteiger partial charge >= 0.3 is 24.2 Å². The number of hydrogen-bond acceptors (Lipinski definition) is 10. The molecule has 0 fully saturated rings. The first-order valence-corrected chi connectivity index (χ1v) is 8.49. The standard InChI is InChI=1S/C9H14O5.C5H10O3.C4H6O3/c1-4-6-13-9(11)14-7(3)8(10)12-5-2;1-3-8-5(7)4(2)6;1-2-3-7-4(5)6/h4,7H,1,5-6H2,2-3H3;4,6H,3H2,1-2H3;2H,1,3H2,(H,5,6). The van der Waals surface area contributed by atoms with Crippen molar-refractivity contribution in [1.82, 2.24) is 0 Å². The molecule has 0 amide bonds. The van der Waals surface area contributed by atoms with Gasteiger partial charge in [-0.15, -0.1) is 0 Å². The van der Waals surface area contributed by atoms with Crippen molar-refractivity contribution in [2.45, 2.75) is 39.9 Å². The van der Waals surface area contributed by atoms with Gasteiger partial charge in [-0.2, -0.15) is 0 Å². The second-order valence-corrected chi connectivity index (χ2v) is 4.66. The van der Waals surface area contributed by atoms with Crippen molar-refractivity contribution in [3.8, 4) is 0 Å². The fraction of sp³-hybridized carbons (Fsp3) is 0.556. The summed E-state index contributed by atoms with van der Waals surface area (Å²) in [6.45, 7) is 13.4. The number of carboxylic acid groups (broad SMARTS) is 1. The lowest BCUT2D eigenvalue weighted by atomic mass is 10.4. The second-order valence-electron chi connectivity index (χ2n) is 4.66. The maximum Gasteiger partial charge on any atom is 0.509 e. The van der Waals surface area contributed by atoms with E-state index in [0.717, 1.165) is 0 Å². The van der Waals surface area contributed by atoms with Crippen molar-refractivity contribution in [2.75, 3.05) is 26.4 Å². The first-order chi connectivity index (χ1) is 13.6. The zero-order chi connectivity index (χ0) is 23.2. The molecule has 0 aromatic carbocycles. The molecule has 0 rings (SSSR count). The number of hydrogen-bond donors (Lipinski definition) is 2. The third kappa shape index (κ3) is 24.9. The van der Waals surface area contributed by atoms with Crippen LogP contribution in [0.3, 0.4) is 0 Å². The molecular weight excluding hydrogens is 392 g/mol. The largest absolute Gasteiger partial charge is 0.509 e. The molecule has 168 valence electrons. The van der Waals surface area contributed by atoms with Gasteiger partial charge < -0.3 is 33.9 Å². The van der Waals surface area contributed by atoms with Crippen LogP contribution >= 0.6 is 0 Å². The van der Waals surface area contributed by atoms with Crippen molar-refractivity contribution < 1.29 is 53.1 Å². The van der Waals surface area contributed by atoms with E-state index in [2.05, 4.69) is 36.8 Å². The minimum Gasteiger partial charge on any atom is -0.464 e. The molecule has 2 atom stereocenters. The van der Waals surface area contributed by atoms with Gasteiger partial charge in [-0.3, -0.25) is 0 Å². The smallest absolute Gasteiger partial charge is 0.464 e. The van der Waals surface area contributed by atoms with Crippen LogP contribution < -0.4 is 0 Å². The highest BCUT2D eigenvalue weighted by Gasteiger charge is 2.19. The fourth-order valence-corrected chi connectivity index (χ4v) is 1.01. The second kappa shape index (κ2) is 21.2. The molecule has 0 aliphatic heterocycles. The van der Waals surface area contributed by atoms with E-state index in [-0.39, 0.29) is 19.8 Å². The van der Waals surface area contributed by atoms with E-state index in [4.69, 9.17) is 10.2 Å². The summed E-state index contributed by atoms with van der Waals surface area (Å²) in [6, 6.07) is 0. The third-order valence-corrected chi connectivity index (χ3v) is 2.16. The molecule has 0 saturated heterocycles. The molecule has 0 radical (unpaired) electrons. The lowest BCUT2D eigenvalue weighted by Gasteiger charge is -2.10. The van der Waals surface area contributed by atoms with Crippen molar-refractivity contribution >= 4 is 24.2 Å². The lowest BCUT2D eigenvalue weighted by Crippen LogP contribution is -2.26. The third-order valence-electron chi connectivity index (χ3n) is 2.16. The first kappa shape index (κ1) is 30.6. The van der Waals surface area contributed by atoms with E-state index in [1.807, 2.05) is 0 Å². The van der Waals surface area contributed by atoms with E-state index in [1.54, 1.807) is 13.8 Å². The van der Waals surface area contributed by atoms with Crippen LogP contribution in [0.2, 0.25) is 0 Å². The SMILES string of the molecule is C=CCOC(=O)O.C=CCOC(=O)OC(C)C(=O)OCC.CCOC(=O)C(C)O. The molecule has 0 aliphatic rings. The van der Waals surface area contributed by atoms with Gasteiger partial charge in [-0.1, -0.05) is 25.3 Å². The maximum absolute atomic E-state index is 11.0. The average molecular weight is 422 g/mol. The van der Waals surface area contributed by atoms with Crippen LogP contribution in [0.1, 0.15) is 27.7 Å². The Balaban J connectivity index is -0.000000383. The molecule has 11 heteroatoms. The summed E-state index contributed by atoms with van der Waals surface area (Å²) < 4.78 is 22.1. The molecule has 0 saturated carbocycles. The average Bonchev–Trinajstić information content (AvgIpc) is 2.65. The summed E-state index contributed by atoms with van der Waals surface area (Å²) in [5, 5.41) is 16.3. The Bertz CT molecular complexity index is 500. The molecule has 29 heavy (non-hydrogen) atoms. The summed E-state index contributed by atoms with van der Waals surface area (Å²) in [5.74, 6) is -1.16. The normalized spacial score (nSPS) is 10.8. The number of aliphatic hydroxyl groups excluding tert-OH is 1. The quantitative estimate of drug-likeness (QED) is 0.319. The lowest BCUT2D eigenvalue weighted by molar-refractivity contribution is -0.153. The summed E-state index contributed by atoms with van der Waals surface area (Å²) >= 11 is 0. The van der Waals surface area contributed by atoms with Crippen molar-refractivity contribution in [3.63, 3.8) is 0 Å². The Morgan fingerprint density at radius 3 is 1.62 bits per heavy atom. The fourth-order valence-electron chi connectivity index (χ4n) is 1.01. The van der Waals surface area contributed by atoms with E-state index < -0.39 is 36.5 Å². The van der Waals surface area contributed by atoms with Crippen LogP contribution in [0.4, 0.5) is 9.59 Å². The maximum atomic E-state index is 11.0. The number of ether oxygens (including phenoxy) is 5. The van der Waals surface area contributed by atoms with Crippen molar-refractivity contribution in [1.29, 1.82) is 0 Å². The topological polar surface area (TPSA) is 155 Å². The summed E-state index contributed by atoms with van der Waals surface area (Å²) in [7, 11) is 0. The number of carbonyl (C=O) groups excluding carboxylic acids is 3. The molecule has 0 bridgehead atoms. The molecule has 0 spiro atoms. The minimum absolute atomic E-state index is 0.0500. The van der Waals surface area contributed by atoms with Gasteiger partial charge in [-0.25, -0.2) is 19.2 Å². The predicted octanol–water partition coefficient (Wildman–Crippen LogP) is 2.07. The summed E-state index contributed by atoms with van der Waals surface area (Å²) in [5.41, 5.74) is 0. The minimum atomic E-state index is -1.26. The van der Waals surface area contributed by atoms with Crippen LogP contribution in [0.5, 0.6) is 0 Å².